The minimum absolute atomic E-state index is 0.100. The molecule has 0 heterocycles. The van der Waals surface area contributed by atoms with E-state index in [0.717, 1.165) is 17.1 Å². The second-order valence-corrected chi connectivity index (χ2v) is 17.7. The Bertz CT molecular complexity index is 2850. The van der Waals surface area contributed by atoms with Crippen LogP contribution in [0.1, 0.15) is 73.6 Å². The molecule has 0 saturated heterocycles. The van der Waals surface area contributed by atoms with Crippen LogP contribution in [0.15, 0.2) is 182 Å². The zero-order chi connectivity index (χ0) is 38.7. The first-order valence-electron chi connectivity index (χ1n) is 20.3. The van der Waals surface area contributed by atoms with Crippen LogP contribution in [-0.4, -0.2) is 0 Å². The van der Waals surface area contributed by atoms with Crippen molar-refractivity contribution in [3.8, 4) is 44.5 Å². The molecule has 0 bridgehead atoms. The maximum Gasteiger partial charge on any atom is 0.0726 e. The van der Waals surface area contributed by atoms with Crippen LogP contribution < -0.4 is 4.90 Å². The molecule has 0 saturated carbocycles. The van der Waals surface area contributed by atoms with E-state index in [4.69, 9.17) is 0 Å². The summed E-state index contributed by atoms with van der Waals surface area (Å²) in [6.07, 6.45) is 0. The largest absolute Gasteiger partial charge is 0.310 e. The van der Waals surface area contributed by atoms with Crippen molar-refractivity contribution in [2.24, 2.45) is 0 Å². The Hall–Kier alpha value is -6.44. The molecule has 0 unspecified atom stereocenters. The molecule has 1 spiro atoms. The van der Waals surface area contributed by atoms with Crippen LogP contribution in [0, 0.1) is 0 Å². The SMILES string of the molecule is CC(C)(C)c1ccc(-c2cccc(N(c3ccc4c(c3)C(C)(C)c3ccccc3-4)c3ccc4c(c3)C3(c5ccccc5-c5ccccc53)c3ccccc3-4)c2)cc1. The monoisotopic (exact) mass is 731 g/mol. The molecular formula is C56H45N. The van der Waals surface area contributed by atoms with Crippen molar-refractivity contribution in [2.45, 2.75) is 50.9 Å². The number of hydrogen-bond acceptors (Lipinski definition) is 1. The quantitative estimate of drug-likeness (QED) is 0.174. The lowest BCUT2D eigenvalue weighted by molar-refractivity contribution is 0.590. The average Bonchev–Trinajstić information content (AvgIpc) is 3.79. The molecule has 0 N–H and O–H groups in total. The fourth-order valence-electron chi connectivity index (χ4n) is 10.5. The zero-order valence-corrected chi connectivity index (χ0v) is 33.3. The topological polar surface area (TPSA) is 3.24 Å². The van der Waals surface area contributed by atoms with Crippen LogP contribution in [0.2, 0.25) is 0 Å². The third-order valence-electron chi connectivity index (χ3n) is 13.3. The summed E-state index contributed by atoms with van der Waals surface area (Å²) in [6.45, 7) is 11.6. The Morgan fingerprint density at radius 1 is 0.351 bits per heavy atom. The average molecular weight is 732 g/mol. The van der Waals surface area contributed by atoms with E-state index in [1.54, 1.807) is 0 Å². The van der Waals surface area contributed by atoms with Crippen molar-refractivity contribution in [1.82, 2.24) is 0 Å². The van der Waals surface area contributed by atoms with Gasteiger partial charge >= 0.3 is 0 Å². The van der Waals surface area contributed by atoms with E-state index in [1.165, 1.54) is 83.5 Å². The first-order valence-corrected chi connectivity index (χ1v) is 20.3. The molecule has 0 amide bonds. The minimum atomic E-state index is -0.418. The lowest BCUT2D eigenvalue weighted by Crippen LogP contribution is -2.26. The summed E-state index contributed by atoms with van der Waals surface area (Å²) in [5, 5.41) is 0. The normalized spacial score (nSPS) is 14.7. The smallest absolute Gasteiger partial charge is 0.0726 e. The summed E-state index contributed by atoms with van der Waals surface area (Å²) in [7, 11) is 0. The zero-order valence-electron chi connectivity index (χ0n) is 33.3. The van der Waals surface area contributed by atoms with E-state index in [-0.39, 0.29) is 10.8 Å². The third-order valence-corrected chi connectivity index (χ3v) is 13.3. The molecule has 1 nitrogen and oxygen atoms in total. The van der Waals surface area contributed by atoms with Gasteiger partial charge in [0.15, 0.2) is 0 Å². The molecule has 8 aromatic carbocycles. The Balaban J connectivity index is 1.15. The van der Waals surface area contributed by atoms with Crippen LogP contribution in [0.3, 0.4) is 0 Å². The first-order chi connectivity index (χ1) is 27.7. The van der Waals surface area contributed by atoms with Crippen LogP contribution in [0.25, 0.3) is 44.5 Å². The van der Waals surface area contributed by atoms with Crippen molar-refractivity contribution in [2.75, 3.05) is 4.90 Å². The number of nitrogens with zero attached hydrogens (tertiary/aromatic N) is 1. The first kappa shape index (κ1) is 33.9. The molecule has 1 heteroatoms. The standard InChI is InChI=1S/C56H45N/c1-54(2,3)38-27-25-36(26-28-38)37-15-14-16-39(33-37)57(40-29-31-46-42-17-6-10-21-48(42)55(4,5)52(46)34-40)41-30-32-47-45-20-9-13-24-51(45)56(53(47)35-41)49-22-11-7-18-43(49)44-19-8-12-23-50(44)56/h6-35H,1-5H3. The van der Waals surface area contributed by atoms with Gasteiger partial charge in [-0.25, -0.2) is 0 Å². The van der Waals surface area contributed by atoms with Gasteiger partial charge in [-0.1, -0.05) is 180 Å². The fourth-order valence-corrected chi connectivity index (χ4v) is 10.5. The van der Waals surface area contributed by atoms with Gasteiger partial charge in [-0.15, -0.1) is 0 Å². The number of fused-ring (bicyclic) bond motifs is 13. The van der Waals surface area contributed by atoms with Gasteiger partial charge in [0.1, 0.15) is 0 Å². The summed E-state index contributed by atoms with van der Waals surface area (Å²) < 4.78 is 0. The molecule has 274 valence electrons. The molecule has 0 aliphatic heterocycles. The van der Waals surface area contributed by atoms with Crippen molar-refractivity contribution in [3.05, 3.63) is 221 Å². The molecule has 0 radical (unpaired) electrons. The van der Waals surface area contributed by atoms with Crippen molar-refractivity contribution >= 4 is 17.1 Å². The maximum atomic E-state index is 2.51. The van der Waals surface area contributed by atoms with Gasteiger partial charge < -0.3 is 4.90 Å². The molecule has 8 aromatic rings. The fraction of sp³-hybridized carbons (Fsp3) is 0.143. The Morgan fingerprint density at radius 3 is 1.33 bits per heavy atom. The van der Waals surface area contributed by atoms with Gasteiger partial charge in [0, 0.05) is 22.5 Å². The highest BCUT2D eigenvalue weighted by atomic mass is 15.1. The molecule has 0 atom stereocenters. The van der Waals surface area contributed by atoms with Gasteiger partial charge in [0.25, 0.3) is 0 Å². The van der Waals surface area contributed by atoms with E-state index in [1.807, 2.05) is 0 Å². The highest BCUT2D eigenvalue weighted by Gasteiger charge is 2.51. The molecular weight excluding hydrogens is 687 g/mol. The molecule has 57 heavy (non-hydrogen) atoms. The molecule has 0 aromatic heterocycles. The predicted octanol–water partition coefficient (Wildman–Crippen LogP) is 14.8. The second-order valence-electron chi connectivity index (χ2n) is 17.7. The van der Waals surface area contributed by atoms with Crippen molar-refractivity contribution in [1.29, 1.82) is 0 Å². The van der Waals surface area contributed by atoms with Gasteiger partial charge in [-0.05, 0) is 125 Å². The van der Waals surface area contributed by atoms with Gasteiger partial charge in [-0.2, -0.15) is 0 Å². The summed E-state index contributed by atoms with van der Waals surface area (Å²) in [5.74, 6) is 0. The van der Waals surface area contributed by atoms with E-state index in [0.29, 0.717) is 0 Å². The van der Waals surface area contributed by atoms with E-state index < -0.39 is 5.41 Å². The molecule has 3 aliphatic rings. The Kier molecular flexibility index (Phi) is 7.15. The molecule has 3 aliphatic carbocycles. The third kappa shape index (κ3) is 4.75. The summed E-state index contributed by atoms with van der Waals surface area (Å²) in [5.41, 5.74) is 22.9. The Labute approximate surface area is 336 Å². The van der Waals surface area contributed by atoms with Crippen molar-refractivity contribution in [3.63, 3.8) is 0 Å². The highest BCUT2D eigenvalue weighted by molar-refractivity contribution is 5.96. The molecule has 0 fully saturated rings. The number of hydrogen-bond donors (Lipinski definition) is 0. The number of benzene rings is 8. The van der Waals surface area contributed by atoms with Crippen LogP contribution >= 0.6 is 0 Å². The van der Waals surface area contributed by atoms with Crippen LogP contribution in [0.5, 0.6) is 0 Å². The lowest BCUT2D eigenvalue weighted by Gasteiger charge is -2.32. The van der Waals surface area contributed by atoms with Gasteiger partial charge in [0.05, 0.1) is 5.41 Å². The summed E-state index contributed by atoms with van der Waals surface area (Å²) >= 11 is 0. The van der Waals surface area contributed by atoms with E-state index in [2.05, 4.69) is 222 Å². The van der Waals surface area contributed by atoms with E-state index in [9.17, 15) is 0 Å². The van der Waals surface area contributed by atoms with E-state index >= 15 is 0 Å². The van der Waals surface area contributed by atoms with Gasteiger partial charge in [0.2, 0.25) is 0 Å². The summed E-state index contributed by atoms with van der Waals surface area (Å²) in [4.78, 5) is 2.50. The van der Waals surface area contributed by atoms with Gasteiger partial charge in [-0.3, -0.25) is 0 Å². The van der Waals surface area contributed by atoms with Crippen LogP contribution in [0.4, 0.5) is 17.1 Å². The highest BCUT2D eigenvalue weighted by Crippen LogP contribution is 2.63. The van der Waals surface area contributed by atoms with Crippen molar-refractivity contribution < 1.29 is 0 Å². The maximum absolute atomic E-state index is 2.51. The number of rotatable bonds is 4. The predicted molar refractivity (Wildman–Crippen MR) is 239 cm³/mol. The van der Waals surface area contributed by atoms with Crippen LogP contribution in [-0.2, 0) is 16.2 Å². The minimum Gasteiger partial charge on any atom is -0.310 e. The summed E-state index contributed by atoms with van der Waals surface area (Å²) in [6, 6.07) is 68.8. The number of anilines is 3. The molecule has 11 rings (SSSR count). The second kappa shape index (κ2) is 12.0. The lowest BCUT2D eigenvalue weighted by atomic mass is 9.70. The Morgan fingerprint density at radius 2 is 0.789 bits per heavy atom.